The molecule has 2 N–H and O–H groups in total. The van der Waals surface area contributed by atoms with Crippen LogP contribution in [-0.2, 0) is 4.79 Å². The van der Waals surface area contributed by atoms with Crippen molar-refractivity contribution in [1.29, 1.82) is 0 Å². The number of nitrogens with one attached hydrogen (secondary N) is 1. The zero-order valence-electron chi connectivity index (χ0n) is 11.6. The number of amides is 1. The Morgan fingerprint density at radius 3 is 2.37 bits per heavy atom. The lowest BCUT2D eigenvalue weighted by molar-refractivity contribution is -0.143. The van der Waals surface area contributed by atoms with Crippen LogP contribution in [-0.4, -0.2) is 22.7 Å². The number of benzene rings is 1. The minimum atomic E-state index is -1.37. The molecule has 0 radical (unpaired) electrons. The van der Waals surface area contributed by atoms with E-state index in [0.29, 0.717) is 5.75 Å². The molecule has 0 aliphatic carbocycles. The predicted octanol–water partition coefficient (Wildman–Crippen LogP) is 2.76. The van der Waals surface area contributed by atoms with E-state index >= 15 is 0 Å². The summed E-state index contributed by atoms with van der Waals surface area (Å²) in [6.07, 6.45) is -0.777. The van der Waals surface area contributed by atoms with E-state index in [1.165, 1.54) is 13.8 Å². The molecule has 1 amide bonds. The van der Waals surface area contributed by atoms with Crippen molar-refractivity contribution in [3.8, 4) is 5.75 Å². The van der Waals surface area contributed by atoms with Gasteiger partial charge in [-0.2, -0.15) is 0 Å². The topological polar surface area (TPSA) is 75.6 Å². The van der Waals surface area contributed by atoms with E-state index < -0.39 is 17.6 Å². The Bertz CT molecular complexity index is 480. The number of carbonyl (C=O) groups is 2. The third kappa shape index (κ3) is 3.98. The van der Waals surface area contributed by atoms with Crippen molar-refractivity contribution in [2.24, 2.45) is 0 Å². The highest BCUT2D eigenvalue weighted by atomic mass is 16.6. The third-order valence-corrected chi connectivity index (χ3v) is 2.69. The normalized spacial score (nSPS) is 11.2. The first kappa shape index (κ1) is 15.0. The summed E-state index contributed by atoms with van der Waals surface area (Å²) in [5.74, 6) is -0.478. The Morgan fingerprint density at radius 2 is 1.84 bits per heavy atom. The molecule has 1 aromatic rings. The van der Waals surface area contributed by atoms with Crippen LogP contribution < -0.4 is 10.1 Å². The Hall–Kier alpha value is -2.04. The molecule has 0 saturated heterocycles. The van der Waals surface area contributed by atoms with Crippen molar-refractivity contribution in [2.45, 2.75) is 39.2 Å². The van der Waals surface area contributed by atoms with Gasteiger partial charge in [-0.3, -0.25) is 0 Å². The van der Waals surface area contributed by atoms with Crippen LogP contribution in [0.5, 0.6) is 5.75 Å². The SMILES string of the molecule is CC(C)c1ccccc1OC(=O)NC(C)(C)C(=O)O. The molecule has 104 valence electrons. The molecule has 0 saturated carbocycles. The molecule has 0 aliphatic heterocycles. The lowest BCUT2D eigenvalue weighted by Crippen LogP contribution is -2.50. The van der Waals surface area contributed by atoms with Gasteiger partial charge in [0.2, 0.25) is 0 Å². The average molecular weight is 265 g/mol. The molecule has 1 rings (SSSR count). The van der Waals surface area contributed by atoms with Gasteiger partial charge in [0.05, 0.1) is 0 Å². The summed E-state index contributed by atoms with van der Waals surface area (Å²) in [7, 11) is 0. The maximum Gasteiger partial charge on any atom is 0.413 e. The highest BCUT2D eigenvalue weighted by molar-refractivity contribution is 5.84. The van der Waals surface area contributed by atoms with Gasteiger partial charge in [-0.1, -0.05) is 32.0 Å². The van der Waals surface area contributed by atoms with E-state index in [1.54, 1.807) is 12.1 Å². The van der Waals surface area contributed by atoms with E-state index in [-0.39, 0.29) is 5.92 Å². The fraction of sp³-hybridized carbons (Fsp3) is 0.429. The molecule has 0 unspecified atom stereocenters. The fourth-order valence-corrected chi connectivity index (χ4v) is 1.48. The van der Waals surface area contributed by atoms with Crippen LogP contribution in [0.2, 0.25) is 0 Å². The van der Waals surface area contributed by atoms with Gasteiger partial charge in [0, 0.05) is 0 Å². The average Bonchev–Trinajstić information content (AvgIpc) is 2.28. The van der Waals surface area contributed by atoms with Gasteiger partial charge in [-0.25, -0.2) is 9.59 Å². The first-order valence-corrected chi connectivity index (χ1v) is 6.06. The fourth-order valence-electron chi connectivity index (χ4n) is 1.48. The molecule has 0 heterocycles. The molecular formula is C14H19NO4. The van der Waals surface area contributed by atoms with Crippen LogP contribution in [0.4, 0.5) is 4.79 Å². The van der Waals surface area contributed by atoms with E-state index in [9.17, 15) is 9.59 Å². The second kappa shape index (κ2) is 5.73. The van der Waals surface area contributed by atoms with Crippen LogP contribution in [0.1, 0.15) is 39.2 Å². The molecule has 19 heavy (non-hydrogen) atoms. The van der Waals surface area contributed by atoms with Crippen LogP contribution in [0.15, 0.2) is 24.3 Å². The van der Waals surface area contributed by atoms with Crippen molar-refractivity contribution in [2.75, 3.05) is 0 Å². The highest BCUT2D eigenvalue weighted by Crippen LogP contribution is 2.26. The van der Waals surface area contributed by atoms with Crippen molar-refractivity contribution in [3.63, 3.8) is 0 Å². The first-order valence-electron chi connectivity index (χ1n) is 6.06. The highest BCUT2D eigenvalue weighted by Gasteiger charge is 2.30. The largest absolute Gasteiger partial charge is 0.480 e. The van der Waals surface area contributed by atoms with E-state index in [1.807, 2.05) is 26.0 Å². The summed E-state index contributed by atoms with van der Waals surface area (Å²) in [4.78, 5) is 22.6. The van der Waals surface area contributed by atoms with Crippen LogP contribution in [0.3, 0.4) is 0 Å². The van der Waals surface area contributed by atoms with Gasteiger partial charge in [-0.05, 0) is 31.4 Å². The van der Waals surface area contributed by atoms with Crippen molar-refractivity contribution < 1.29 is 19.4 Å². The lowest BCUT2D eigenvalue weighted by atomic mass is 10.0. The number of carboxylic acids is 1. The van der Waals surface area contributed by atoms with E-state index in [0.717, 1.165) is 5.56 Å². The molecule has 0 fully saturated rings. The zero-order chi connectivity index (χ0) is 14.6. The molecule has 0 spiro atoms. The molecule has 5 heteroatoms. The summed E-state index contributed by atoms with van der Waals surface area (Å²) in [6, 6.07) is 7.18. The second-order valence-corrected chi connectivity index (χ2v) is 5.14. The molecule has 0 aliphatic rings. The number of ether oxygens (including phenoxy) is 1. The molecule has 5 nitrogen and oxygen atoms in total. The van der Waals surface area contributed by atoms with Crippen LogP contribution >= 0.6 is 0 Å². The number of aliphatic carboxylic acids is 1. The van der Waals surface area contributed by atoms with Crippen molar-refractivity contribution in [1.82, 2.24) is 5.32 Å². The molecule has 0 aromatic heterocycles. The van der Waals surface area contributed by atoms with Crippen LogP contribution in [0.25, 0.3) is 0 Å². The minimum Gasteiger partial charge on any atom is -0.480 e. The minimum absolute atomic E-state index is 0.205. The Balaban J connectivity index is 2.81. The second-order valence-electron chi connectivity index (χ2n) is 5.14. The molecule has 1 aromatic carbocycles. The molecular weight excluding hydrogens is 246 g/mol. The summed E-state index contributed by atoms with van der Waals surface area (Å²) >= 11 is 0. The monoisotopic (exact) mass is 265 g/mol. The Kier molecular flexibility index (Phi) is 4.53. The summed E-state index contributed by atoms with van der Waals surface area (Å²) in [5, 5.41) is 11.2. The number of carbonyl (C=O) groups excluding carboxylic acids is 1. The van der Waals surface area contributed by atoms with Gasteiger partial charge >= 0.3 is 12.1 Å². The van der Waals surface area contributed by atoms with Gasteiger partial charge in [0.1, 0.15) is 11.3 Å². The predicted molar refractivity (Wildman–Crippen MR) is 71.4 cm³/mol. The number of carboxylic acid groups (broad SMARTS) is 1. The van der Waals surface area contributed by atoms with Gasteiger partial charge in [0.25, 0.3) is 0 Å². The maximum absolute atomic E-state index is 11.7. The third-order valence-electron chi connectivity index (χ3n) is 2.69. The molecule has 0 atom stereocenters. The summed E-state index contributed by atoms with van der Waals surface area (Å²) < 4.78 is 5.18. The first-order chi connectivity index (χ1) is 8.74. The quantitative estimate of drug-likeness (QED) is 0.877. The number of hydrogen-bond acceptors (Lipinski definition) is 3. The molecule has 0 bridgehead atoms. The van der Waals surface area contributed by atoms with Gasteiger partial charge in [0.15, 0.2) is 0 Å². The van der Waals surface area contributed by atoms with Crippen molar-refractivity contribution >= 4 is 12.1 Å². The number of para-hydroxylation sites is 1. The summed E-state index contributed by atoms with van der Waals surface area (Å²) in [6.45, 7) is 6.76. The number of rotatable bonds is 4. The zero-order valence-corrected chi connectivity index (χ0v) is 11.6. The lowest BCUT2D eigenvalue weighted by Gasteiger charge is -2.21. The maximum atomic E-state index is 11.7. The Morgan fingerprint density at radius 1 is 1.26 bits per heavy atom. The van der Waals surface area contributed by atoms with Gasteiger partial charge in [-0.15, -0.1) is 0 Å². The van der Waals surface area contributed by atoms with Gasteiger partial charge < -0.3 is 15.2 Å². The summed E-state index contributed by atoms with van der Waals surface area (Å²) in [5.41, 5.74) is -0.477. The standard InChI is InChI=1S/C14H19NO4/c1-9(2)10-7-5-6-8-11(10)19-13(18)15-14(3,4)12(16)17/h5-9H,1-4H3,(H,15,18)(H,16,17). The van der Waals surface area contributed by atoms with Crippen molar-refractivity contribution in [3.05, 3.63) is 29.8 Å². The van der Waals surface area contributed by atoms with E-state index in [4.69, 9.17) is 9.84 Å². The number of hydrogen-bond donors (Lipinski definition) is 2. The Labute approximate surface area is 112 Å². The smallest absolute Gasteiger partial charge is 0.413 e. The van der Waals surface area contributed by atoms with E-state index in [2.05, 4.69) is 5.32 Å². The van der Waals surface area contributed by atoms with Crippen LogP contribution in [0, 0.1) is 0 Å².